The van der Waals surface area contributed by atoms with E-state index in [2.05, 4.69) is 15.1 Å². The van der Waals surface area contributed by atoms with Crippen molar-refractivity contribution in [2.75, 3.05) is 19.7 Å². The number of aliphatic hydroxyl groups excluding tert-OH is 1. The lowest BCUT2D eigenvalue weighted by Gasteiger charge is -2.20. The molecule has 0 spiro atoms. The number of aromatic nitrogens is 2. The Bertz CT molecular complexity index is 376. The van der Waals surface area contributed by atoms with Crippen LogP contribution in [0.25, 0.3) is 0 Å². The van der Waals surface area contributed by atoms with Crippen molar-refractivity contribution >= 4 is 0 Å². The van der Waals surface area contributed by atoms with Crippen LogP contribution in [0.15, 0.2) is 4.42 Å². The number of likely N-dealkylation sites (tertiary alicyclic amines) is 1. The van der Waals surface area contributed by atoms with E-state index in [9.17, 15) is 0 Å². The minimum Gasteiger partial charge on any atom is -0.424 e. The van der Waals surface area contributed by atoms with Crippen molar-refractivity contribution < 1.29 is 9.52 Å². The Hall–Kier alpha value is -0.940. The molecule has 0 aromatic carbocycles. The summed E-state index contributed by atoms with van der Waals surface area (Å²) in [4.78, 5) is 2.28. The van der Waals surface area contributed by atoms with Gasteiger partial charge < -0.3 is 9.52 Å². The van der Waals surface area contributed by atoms with E-state index >= 15 is 0 Å². The minimum atomic E-state index is 0.285. The van der Waals surface area contributed by atoms with E-state index in [1.54, 1.807) is 0 Å². The first-order valence-corrected chi connectivity index (χ1v) is 6.50. The molecule has 5 heteroatoms. The maximum atomic E-state index is 9.09. The first-order valence-electron chi connectivity index (χ1n) is 6.50. The Balaban J connectivity index is 1.56. The smallest absolute Gasteiger partial charge is 0.230 e. The molecule has 94 valence electrons. The van der Waals surface area contributed by atoms with E-state index in [1.807, 2.05) is 0 Å². The molecule has 1 atom stereocenters. The predicted octanol–water partition coefficient (Wildman–Crippen LogP) is 1.15. The summed E-state index contributed by atoms with van der Waals surface area (Å²) < 4.78 is 5.69. The van der Waals surface area contributed by atoms with Crippen LogP contribution in [0.3, 0.4) is 0 Å². The molecule has 0 amide bonds. The molecule has 2 aliphatic rings. The Morgan fingerprint density at radius 2 is 2.18 bits per heavy atom. The molecule has 0 radical (unpaired) electrons. The van der Waals surface area contributed by atoms with E-state index < -0.39 is 0 Å². The number of nitrogens with zero attached hydrogens (tertiary/aromatic N) is 3. The second kappa shape index (κ2) is 4.74. The molecule has 3 rings (SSSR count). The molecule has 1 N–H and O–H groups in total. The van der Waals surface area contributed by atoms with Crippen molar-refractivity contribution in [1.29, 1.82) is 0 Å². The molecular weight excluding hydrogens is 218 g/mol. The van der Waals surface area contributed by atoms with Gasteiger partial charge in [-0.15, -0.1) is 10.2 Å². The Kier molecular flexibility index (Phi) is 3.11. The van der Waals surface area contributed by atoms with Crippen molar-refractivity contribution in [2.24, 2.45) is 5.92 Å². The third-order valence-corrected chi connectivity index (χ3v) is 3.92. The lowest BCUT2D eigenvalue weighted by molar-refractivity contribution is 0.213. The summed E-state index contributed by atoms with van der Waals surface area (Å²) in [7, 11) is 0. The van der Waals surface area contributed by atoms with Crippen LogP contribution in [0.1, 0.15) is 43.4 Å². The summed E-state index contributed by atoms with van der Waals surface area (Å²) in [5.41, 5.74) is 0. The summed E-state index contributed by atoms with van der Waals surface area (Å²) in [6.45, 7) is 2.98. The van der Waals surface area contributed by atoms with Crippen molar-refractivity contribution in [1.82, 2.24) is 15.1 Å². The maximum Gasteiger partial charge on any atom is 0.230 e. The molecular formula is C12H19N3O2. The maximum absolute atomic E-state index is 9.09. The molecule has 1 aliphatic heterocycles. The van der Waals surface area contributed by atoms with Crippen LogP contribution >= 0.6 is 0 Å². The highest BCUT2D eigenvalue weighted by molar-refractivity contribution is 4.96. The average Bonchev–Trinajstić information content (AvgIpc) is 2.86. The Morgan fingerprint density at radius 3 is 2.82 bits per heavy atom. The SMILES string of the molecule is OCC1CCN(Cc2nnc(C3CCC3)o2)C1. The molecule has 1 aliphatic carbocycles. The average molecular weight is 237 g/mol. The molecule has 1 aromatic heterocycles. The quantitative estimate of drug-likeness (QED) is 0.851. The first-order chi connectivity index (χ1) is 8.35. The largest absolute Gasteiger partial charge is 0.424 e. The van der Waals surface area contributed by atoms with E-state index in [0.29, 0.717) is 11.8 Å². The zero-order valence-electron chi connectivity index (χ0n) is 10.0. The van der Waals surface area contributed by atoms with Gasteiger partial charge in [-0.05, 0) is 31.7 Å². The van der Waals surface area contributed by atoms with Gasteiger partial charge in [0.2, 0.25) is 11.8 Å². The summed E-state index contributed by atoms with van der Waals surface area (Å²) >= 11 is 0. The van der Waals surface area contributed by atoms with Crippen LogP contribution in [0, 0.1) is 5.92 Å². The van der Waals surface area contributed by atoms with Crippen molar-refractivity contribution in [3.63, 3.8) is 0 Å². The van der Waals surface area contributed by atoms with Gasteiger partial charge in [0.05, 0.1) is 6.54 Å². The fraction of sp³-hybridized carbons (Fsp3) is 0.833. The molecule has 0 bridgehead atoms. The van der Waals surface area contributed by atoms with Crippen LogP contribution in [0.5, 0.6) is 0 Å². The monoisotopic (exact) mass is 237 g/mol. The van der Waals surface area contributed by atoms with Gasteiger partial charge in [0.15, 0.2) is 0 Å². The van der Waals surface area contributed by atoms with Gasteiger partial charge in [-0.1, -0.05) is 6.42 Å². The Labute approximate surface area is 101 Å². The van der Waals surface area contributed by atoms with Crippen LogP contribution in [0.2, 0.25) is 0 Å². The summed E-state index contributed by atoms with van der Waals surface area (Å²) in [6.07, 6.45) is 4.74. The molecule has 17 heavy (non-hydrogen) atoms. The predicted molar refractivity (Wildman–Crippen MR) is 61.4 cm³/mol. The molecule has 1 saturated carbocycles. The zero-order valence-corrected chi connectivity index (χ0v) is 10.0. The third-order valence-electron chi connectivity index (χ3n) is 3.92. The van der Waals surface area contributed by atoms with Crippen LogP contribution in [-0.4, -0.2) is 39.9 Å². The van der Waals surface area contributed by atoms with E-state index in [4.69, 9.17) is 9.52 Å². The topological polar surface area (TPSA) is 62.4 Å². The van der Waals surface area contributed by atoms with E-state index in [-0.39, 0.29) is 6.61 Å². The van der Waals surface area contributed by atoms with Gasteiger partial charge in [0.25, 0.3) is 0 Å². The molecule has 1 saturated heterocycles. The minimum absolute atomic E-state index is 0.285. The fourth-order valence-corrected chi connectivity index (χ4v) is 2.55. The highest BCUT2D eigenvalue weighted by atomic mass is 16.4. The zero-order chi connectivity index (χ0) is 11.7. The van der Waals surface area contributed by atoms with Crippen molar-refractivity contribution in [2.45, 2.75) is 38.1 Å². The number of hydrogen-bond donors (Lipinski definition) is 1. The van der Waals surface area contributed by atoms with Gasteiger partial charge >= 0.3 is 0 Å². The number of aliphatic hydroxyl groups is 1. The molecule has 1 unspecified atom stereocenters. The first kappa shape index (κ1) is 11.2. The van der Waals surface area contributed by atoms with Crippen molar-refractivity contribution in [3.8, 4) is 0 Å². The van der Waals surface area contributed by atoms with Crippen LogP contribution in [-0.2, 0) is 6.54 Å². The van der Waals surface area contributed by atoms with Gasteiger partial charge in [0, 0.05) is 19.1 Å². The number of hydrogen-bond acceptors (Lipinski definition) is 5. The lowest BCUT2D eigenvalue weighted by Crippen LogP contribution is -2.21. The standard InChI is InChI=1S/C12H19N3O2/c16-8-9-4-5-15(6-9)7-11-13-14-12(17-11)10-2-1-3-10/h9-10,16H,1-8H2. The summed E-state index contributed by atoms with van der Waals surface area (Å²) in [5.74, 6) is 2.48. The van der Waals surface area contributed by atoms with E-state index in [0.717, 1.165) is 37.8 Å². The second-order valence-electron chi connectivity index (χ2n) is 5.23. The lowest BCUT2D eigenvalue weighted by atomic mass is 9.85. The summed E-state index contributed by atoms with van der Waals surface area (Å²) in [6, 6.07) is 0. The van der Waals surface area contributed by atoms with Crippen LogP contribution < -0.4 is 0 Å². The van der Waals surface area contributed by atoms with Gasteiger partial charge in [-0.3, -0.25) is 4.90 Å². The highest BCUT2D eigenvalue weighted by Crippen LogP contribution is 2.35. The molecule has 2 heterocycles. The number of rotatable bonds is 4. The molecule has 1 aromatic rings. The van der Waals surface area contributed by atoms with E-state index in [1.165, 1.54) is 19.3 Å². The summed E-state index contributed by atoms with van der Waals surface area (Å²) in [5, 5.41) is 17.3. The normalized spacial score (nSPS) is 26.3. The van der Waals surface area contributed by atoms with Gasteiger partial charge in [-0.2, -0.15) is 0 Å². The Morgan fingerprint density at radius 1 is 1.29 bits per heavy atom. The van der Waals surface area contributed by atoms with Crippen LogP contribution in [0.4, 0.5) is 0 Å². The van der Waals surface area contributed by atoms with Gasteiger partial charge in [0.1, 0.15) is 0 Å². The van der Waals surface area contributed by atoms with Crippen molar-refractivity contribution in [3.05, 3.63) is 11.8 Å². The van der Waals surface area contributed by atoms with Gasteiger partial charge in [-0.25, -0.2) is 0 Å². The second-order valence-corrected chi connectivity index (χ2v) is 5.23. The highest BCUT2D eigenvalue weighted by Gasteiger charge is 2.27. The third kappa shape index (κ3) is 2.35. The fourth-order valence-electron chi connectivity index (χ4n) is 2.55. The molecule has 5 nitrogen and oxygen atoms in total. The molecule has 2 fully saturated rings.